The van der Waals surface area contributed by atoms with Crippen molar-refractivity contribution in [1.82, 2.24) is 10.1 Å². The molecule has 0 amide bonds. The Bertz CT molecular complexity index is 572. The van der Waals surface area contributed by atoms with Crippen LogP contribution in [0.3, 0.4) is 0 Å². The van der Waals surface area contributed by atoms with Crippen molar-refractivity contribution in [1.29, 1.82) is 0 Å². The van der Waals surface area contributed by atoms with Crippen molar-refractivity contribution in [2.45, 2.75) is 12.7 Å². The second-order valence-corrected chi connectivity index (χ2v) is 4.25. The average Bonchev–Trinajstić information content (AvgIpc) is 2.96. The highest BCUT2D eigenvalue weighted by Gasteiger charge is 2.26. The number of ether oxygens (including phenoxy) is 3. The van der Waals surface area contributed by atoms with E-state index in [0.717, 1.165) is 5.75 Å². The van der Waals surface area contributed by atoms with Gasteiger partial charge in [0.05, 0.1) is 6.61 Å². The number of hydrogen-bond acceptors (Lipinski definition) is 7. The molecule has 2 N–H and O–H groups in total. The van der Waals surface area contributed by atoms with Gasteiger partial charge in [-0.2, -0.15) is 4.98 Å². The number of nitrogens with two attached hydrogens (primary N) is 1. The van der Waals surface area contributed by atoms with E-state index in [2.05, 4.69) is 10.1 Å². The lowest BCUT2D eigenvalue weighted by Crippen LogP contribution is -2.22. The first-order chi connectivity index (χ1) is 9.86. The van der Waals surface area contributed by atoms with E-state index in [1.807, 2.05) is 24.3 Å². The lowest BCUT2D eigenvalue weighted by Gasteiger charge is -2.24. The number of nitrogens with zero attached hydrogens (tertiary/aromatic N) is 2. The normalized spacial score (nSPS) is 17.1. The van der Waals surface area contributed by atoms with Crippen LogP contribution >= 0.6 is 0 Å². The van der Waals surface area contributed by atoms with Gasteiger partial charge < -0.3 is 24.5 Å². The van der Waals surface area contributed by atoms with Crippen LogP contribution in [-0.2, 0) is 11.3 Å². The highest BCUT2D eigenvalue weighted by Crippen LogP contribution is 2.34. The largest absolute Gasteiger partial charge is 0.485 e. The quantitative estimate of drug-likeness (QED) is 0.817. The second-order valence-electron chi connectivity index (χ2n) is 4.25. The third-order valence-corrected chi connectivity index (χ3v) is 2.77. The van der Waals surface area contributed by atoms with E-state index in [1.165, 1.54) is 0 Å². The third-order valence-electron chi connectivity index (χ3n) is 2.77. The van der Waals surface area contributed by atoms with Crippen LogP contribution in [0.25, 0.3) is 0 Å². The zero-order chi connectivity index (χ0) is 13.8. The Hall–Kier alpha value is -2.12. The zero-order valence-corrected chi connectivity index (χ0v) is 10.8. The topological polar surface area (TPSA) is 92.6 Å². The Morgan fingerprint density at radius 2 is 2.15 bits per heavy atom. The monoisotopic (exact) mass is 277 g/mol. The van der Waals surface area contributed by atoms with Crippen LogP contribution < -0.4 is 15.2 Å². The molecule has 1 aliphatic rings. The molecule has 1 aromatic heterocycles. The van der Waals surface area contributed by atoms with Crippen molar-refractivity contribution in [2.24, 2.45) is 5.73 Å². The Morgan fingerprint density at radius 1 is 1.30 bits per heavy atom. The predicted molar refractivity (Wildman–Crippen MR) is 68.3 cm³/mol. The summed E-state index contributed by atoms with van der Waals surface area (Å²) in [6, 6.07) is 7.47. The van der Waals surface area contributed by atoms with Gasteiger partial charge in [0, 0.05) is 6.54 Å². The molecule has 2 aromatic rings. The molecule has 1 aromatic carbocycles. The Morgan fingerprint density at radius 3 is 3.00 bits per heavy atom. The molecule has 20 heavy (non-hydrogen) atoms. The molecule has 0 aliphatic carbocycles. The first-order valence-corrected chi connectivity index (χ1v) is 6.35. The third kappa shape index (κ3) is 2.73. The maximum atomic E-state index is 5.79. The highest BCUT2D eigenvalue weighted by molar-refractivity contribution is 5.40. The number of hydrogen-bond donors (Lipinski definition) is 1. The van der Waals surface area contributed by atoms with Crippen LogP contribution in [0, 0.1) is 0 Å². The minimum atomic E-state index is -0.378. The molecule has 0 saturated carbocycles. The van der Waals surface area contributed by atoms with Gasteiger partial charge in [-0.3, -0.25) is 0 Å². The van der Waals surface area contributed by atoms with Gasteiger partial charge >= 0.3 is 0 Å². The molecule has 7 nitrogen and oxygen atoms in total. The van der Waals surface area contributed by atoms with Gasteiger partial charge in [-0.05, 0) is 12.1 Å². The maximum absolute atomic E-state index is 5.79. The molecule has 0 saturated heterocycles. The first-order valence-electron chi connectivity index (χ1n) is 6.35. The summed E-state index contributed by atoms with van der Waals surface area (Å²) in [7, 11) is 0. The summed E-state index contributed by atoms with van der Waals surface area (Å²) in [5, 5.41) is 3.89. The molecule has 0 spiro atoms. The van der Waals surface area contributed by atoms with Gasteiger partial charge in [0.15, 0.2) is 17.6 Å². The van der Waals surface area contributed by atoms with E-state index in [9.17, 15) is 0 Å². The Balaban J connectivity index is 1.66. The van der Waals surface area contributed by atoms with Gasteiger partial charge in [0.2, 0.25) is 5.82 Å². The van der Waals surface area contributed by atoms with Crippen LogP contribution in [-0.4, -0.2) is 29.9 Å². The number of aromatic nitrogens is 2. The number of rotatable bonds is 5. The lowest BCUT2D eigenvalue weighted by molar-refractivity contribution is 0.0830. The molecule has 7 heteroatoms. The molecule has 3 rings (SSSR count). The van der Waals surface area contributed by atoms with Crippen molar-refractivity contribution in [2.75, 3.05) is 19.8 Å². The molecule has 0 radical (unpaired) electrons. The van der Waals surface area contributed by atoms with E-state index in [1.54, 1.807) is 0 Å². The van der Waals surface area contributed by atoms with Crippen LogP contribution in [0.5, 0.6) is 11.5 Å². The highest BCUT2D eigenvalue weighted by atomic mass is 16.6. The molecule has 0 bridgehead atoms. The molecular formula is C13H15N3O4. The van der Waals surface area contributed by atoms with Crippen LogP contribution in [0.1, 0.15) is 17.8 Å². The average molecular weight is 277 g/mol. The van der Waals surface area contributed by atoms with Crippen molar-refractivity contribution in [3.8, 4) is 11.5 Å². The summed E-state index contributed by atoms with van der Waals surface area (Å²) in [4.78, 5) is 4.23. The van der Waals surface area contributed by atoms with Crippen molar-refractivity contribution in [3.63, 3.8) is 0 Å². The lowest BCUT2D eigenvalue weighted by atomic mass is 10.2. The number of fused-ring (bicyclic) bond motifs is 1. The standard InChI is InChI=1S/C13H15N3O4/c14-5-6-17-8-12-15-13(16-20-12)11-7-18-9-3-1-2-4-10(9)19-11/h1-4,11H,5-8,14H2. The molecular weight excluding hydrogens is 262 g/mol. The number of benzene rings is 1. The molecule has 1 atom stereocenters. The van der Waals surface area contributed by atoms with E-state index < -0.39 is 0 Å². The van der Waals surface area contributed by atoms with Gasteiger partial charge in [-0.1, -0.05) is 17.3 Å². The maximum Gasteiger partial charge on any atom is 0.252 e. The summed E-state index contributed by atoms with van der Waals surface area (Å²) in [5.74, 6) is 2.25. The fourth-order valence-corrected chi connectivity index (χ4v) is 1.85. The van der Waals surface area contributed by atoms with Gasteiger partial charge in [-0.25, -0.2) is 0 Å². The molecule has 1 unspecified atom stereocenters. The zero-order valence-electron chi connectivity index (χ0n) is 10.8. The Labute approximate surface area is 115 Å². The summed E-state index contributed by atoms with van der Waals surface area (Å²) < 4.78 is 21.7. The molecule has 106 valence electrons. The van der Waals surface area contributed by atoms with E-state index in [0.29, 0.717) is 37.2 Å². The number of para-hydroxylation sites is 2. The van der Waals surface area contributed by atoms with Crippen molar-refractivity contribution < 1.29 is 18.7 Å². The summed E-state index contributed by atoms with van der Waals surface area (Å²) in [5.41, 5.74) is 5.33. The van der Waals surface area contributed by atoms with E-state index in [4.69, 9.17) is 24.5 Å². The van der Waals surface area contributed by atoms with Gasteiger partial charge in [0.1, 0.15) is 13.2 Å². The van der Waals surface area contributed by atoms with Crippen LogP contribution in [0.2, 0.25) is 0 Å². The van der Waals surface area contributed by atoms with Crippen LogP contribution in [0.4, 0.5) is 0 Å². The molecule has 1 aliphatic heterocycles. The van der Waals surface area contributed by atoms with Gasteiger partial charge in [0.25, 0.3) is 5.89 Å². The first kappa shape index (κ1) is 12.9. The minimum absolute atomic E-state index is 0.244. The minimum Gasteiger partial charge on any atom is -0.485 e. The molecule has 0 fully saturated rings. The van der Waals surface area contributed by atoms with Crippen molar-refractivity contribution in [3.05, 3.63) is 36.0 Å². The SMILES string of the molecule is NCCOCc1nc(C2COc3ccccc3O2)no1. The van der Waals surface area contributed by atoms with E-state index >= 15 is 0 Å². The summed E-state index contributed by atoms with van der Waals surface area (Å²) in [6.07, 6.45) is -0.378. The summed E-state index contributed by atoms with van der Waals surface area (Å²) in [6.45, 7) is 1.50. The van der Waals surface area contributed by atoms with Crippen molar-refractivity contribution >= 4 is 0 Å². The smallest absolute Gasteiger partial charge is 0.252 e. The Kier molecular flexibility index (Phi) is 3.80. The molecule has 2 heterocycles. The predicted octanol–water partition coefficient (Wildman–Crippen LogP) is 1.06. The second kappa shape index (κ2) is 5.89. The fourth-order valence-electron chi connectivity index (χ4n) is 1.85. The summed E-state index contributed by atoms with van der Waals surface area (Å²) >= 11 is 0. The van der Waals surface area contributed by atoms with E-state index in [-0.39, 0.29) is 12.7 Å². The fraction of sp³-hybridized carbons (Fsp3) is 0.385. The van der Waals surface area contributed by atoms with Gasteiger partial charge in [-0.15, -0.1) is 0 Å². The van der Waals surface area contributed by atoms with Crippen LogP contribution in [0.15, 0.2) is 28.8 Å².